The van der Waals surface area contributed by atoms with Gasteiger partial charge in [-0.25, -0.2) is 9.97 Å². The van der Waals surface area contributed by atoms with Crippen molar-refractivity contribution < 1.29 is 9.59 Å². The fourth-order valence-electron chi connectivity index (χ4n) is 3.51. The molecule has 2 amide bonds. The van der Waals surface area contributed by atoms with E-state index in [9.17, 15) is 9.59 Å². The van der Waals surface area contributed by atoms with E-state index in [-0.39, 0.29) is 11.6 Å². The van der Waals surface area contributed by atoms with E-state index in [1.54, 1.807) is 23.3 Å². The van der Waals surface area contributed by atoms with Gasteiger partial charge in [-0.05, 0) is 52.0 Å². The molecule has 0 radical (unpaired) electrons. The summed E-state index contributed by atoms with van der Waals surface area (Å²) in [5.41, 5.74) is 3.39. The van der Waals surface area contributed by atoms with Crippen LogP contribution in [0.3, 0.4) is 0 Å². The lowest BCUT2D eigenvalue weighted by Crippen LogP contribution is -2.30. The third-order valence-corrected chi connectivity index (χ3v) is 5.86. The highest BCUT2D eigenvalue weighted by molar-refractivity contribution is 6.09. The Morgan fingerprint density at radius 2 is 1.95 bits per heavy atom. The molecular formula is C27H38N8O2. The highest BCUT2D eigenvalue weighted by atomic mass is 16.2. The van der Waals surface area contributed by atoms with Crippen molar-refractivity contribution >= 4 is 29.5 Å². The minimum Gasteiger partial charge on any atom is -0.350 e. The molecule has 10 nitrogen and oxygen atoms in total. The molecule has 2 heterocycles. The number of aliphatic imine (C=N–C) groups is 1. The van der Waals surface area contributed by atoms with Crippen LogP contribution in [0.15, 0.2) is 40.9 Å². The summed E-state index contributed by atoms with van der Waals surface area (Å²) in [5, 5.41) is 13.3. The van der Waals surface area contributed by atoms with Gasteiger partial charge in [0.15, 0.2) is 11.5 Å². The van der Waals surface area contributed by atoms with E-state index in [4.69, 9.17) is 0 Å². The van der Waals surface area contributed by atoms with Crippen LogP contribution in [0.1, 0.15) is 93.4 Å². The van der Waals surface area contributed by atoms with Crippen LogP contribution in [0.5, 0.6) is 0 Å². The number of hydrogen-bond donors (Lipinski definition) is 3. The molecule has 3 rings (SSSR count). The smallest absolute Gasteiger partial charge is 0.278 e. The summed E-state index contributed by atoms with van der Waals surface area (Å²) in [7, 11) is 0. The molecule has 0 atom stereocenters. The van der Waals surface area contributed by atoms with Gasteiger partial charge in [0.25, 0.3) is 11.8 Å². The molecular weight excluding hydrogens is 468 g/mol. The summed E-state index contributed by atoms with van der Waals surface area (Å²) in [6.07, 6.45) is 11.5. The Labute approximate surface area is 218 Å². The Morgan fingerprint density at radius 1 is 1.19 bits per heavy atom. The molecule has 37 heavy (non-hydrogen) atoms. The van der Waals surface area contributed by atoms with Gasteiger partial charge < -0.3 is 16.0 Å². The molecule has 198 valence electrons. The number of hydrogen-bond acceptors (Lipinski definition) is 7. The molecule has 2 aromatic heterocycles. The van der Waals surface area contributed by atoms with Crippen molar-refractivity contribution in [2.24, 2.45) is 10.9 Å². The second-order valence-corrected chi connectivity index (χ2v) is 9.51. The molecule has 1 fully saturated rings. The van der Waals surface area contributed by atoms with Crippen LogP contribution in [0, 0.1) is 5.92 Å². The van der Waals surface area contributed by atoms with Crippen LogP contribution in [-0.4, -0.2) is 44.3 Å². The monoisotopic (exact) mass is 506 g/mol. The minimum absolute atomic E-state index is 0.149. The van der Waals surface area contributed by atoms with E-state index in [0.717, 1.165) is 30.5 Å². The first-order valence-corrected chi connectivity index (χ1v) is 12.9. The van der Waals surface area contributed by atoms with Crippen LogP contribution >= 0.6 is 0 Å². The second kappa shape index (κ2) is 12.9. The van der Waals surface area contributed by atoms with Gasteiger partial charge >= 0.3 is 0 Å². The Hall–Kier alpha value is -3.82. The molecule has 0 aromatic carbocycles. The zero-order valence-corrected chi connectivity index (χ0v) is 22.6. The minimum atomic E-state index is -0.472. The average molecular weight is 507 g/mol. The summed E-state index contributed by atoms with van der Waals surface area (Å²) in [6.45, 7) is 12.9. The van der Waals surface area contributed by atoms with Crippen LogP contribution in [0.2, 0.25) is 0 Å². The van der Waals surface area contributed by atoms with E-state index >= 15 is 0 Å². The van der Waals surface area contributed by atoms with E-state index in [2.05, 4.69) is 42.9 Å². The summed E-state index contributed by atoms with van der Waals surface area (Å²) in [5.74, 6) is 0.158. The van der Waals surface area contributed by atoms with Crippen molar-refractivity contribution in [3.8, 4) is 0 Å². The molecule has 10 heteroatoms. The largest absolute Gasteiger partial charge is 0.350 e. The van der Waals surface area contributed by atoms with E-state index in [1.165, 1.54) is 6.20 Å². The number of carbonyl (C=O) groups excluding carboxylic acids is 2. The van der Waals surface area contributed by atoms with Gasteiger partial charge in [0.1, 0.15) is 5.69 Å². The zero-order chi connectivity index (χ0) is 26.9. The van der Waals surface area contributed by atoms with Gasteiger partial charge in [-0.15, -0.1) is 0 Å². The number of aromatic nitrogens is 4. The molecule has 2 aromatic rings. The van der Waals surface area contributed by atoms with Gasteiger partial charge in [-0.3, -0.25) is 19.3 Å². The van der Waals surface area contributed by atoms with Crippen molar-refractivity contribution in [3.63, 3.8) is 0 Å². The molecule has 0 bridgehead atoms. The molecule has 3 N–H and O–H groups in total. The first kappa shape index (κ1) is 27.8. The maximum absolute atomic E-state index is 13.6. The predicted molar refractivity (Wildman–Crippen MR) is 147 cm³/mol. The summed E-state index contributed by atoms with van der Waals surface area (Å²) in [6, 6.07) is 0. The molecule has 0 saturated heterocycles. The molecule has 0 aliphatic heterocycles. The number of allylic oxidation sites excluding steroid dienone is 2. The number of aryl methyl sites for hydroxylation is 1. The van der Waals surface area contributed by atoms with Crippen molar-refractivity contribution in [2.45, 2.75) is 73.3 Å². The lowest BCUT2D eigenvalue weighted by Gasteiger charge is -2.14. The van der Waals surface area contributed by atoms with Crippen LogP contribution in [0.4, 0.5) is 11.5 Å². The van der Waals surface area contributed by atoms with Gasteiger partial charge in [0.05, 0.1) is 29.5 Å². The number of nitrogens with zero attached hydrogens (tertiary/aromatic N) is 5. The summed E-state index contributed by atoms with van der Waals surface area (Å²) >= 11 is 0. The van der Waals surface area contributed by atoms with Gasteiger partial charge in [0, 0.05) is 31.4 Å². The van der Waals surface area contributed by atoms with Crippen molar-refractivity contribution in [1.82, 2.24) is 25.1 Å². The normalized spacial score (nSPS) is 14.4. The third-order valence-electron chi connectivity index (χ3n) is 5.86. The predicted octanol–water partition coefficient (Wildman–Crippen LogP) is 4.91. The first-order chi connectivity index (χ1) is 17.8. The Morgan fingerprint density at radius 3 is 2.57 bits per heavy atom. The van der Waals surface area contributed by atoms with Crippen LogP contribution in [0.25, 0.3) is 0 Å². The molecule has 1 aliphatic rings. The second-order valence-electron chi connectivity index (χ2n) is 9.51. The Bertz CT molecular complexity index is 1200. The van der Waals surface area contributed by atoms with E-state index < -0.39 is 5.91 Å². The molecule has 1 aliphatic carbocycles. The standard InChI is InChI=1S/C27H38N8O2/c1-7-18(6)12-20(14-28-8-2)32-25-23(33-21(15-29-25)19-10-11-19)26(36)34-22-16-31-35(9-3)24(22)27(37)30-13-17(4)5/h8,12,14-17,19H,7,9-11,13H2,1-6H3,(H,29,32)(H,30,37)(H,34,36)/b18-12+,20-14+,28-8-. The maximum atomic E-state index is 13.6. The topological polar surface area (TPSA) is 126 Å². The van der Waals surface area contributed by atoms with Gasteiger partial charge in [0.2, 0.25) is 0 Å². The number of carbonyl (C=O) groups is 2. The summed E-state index contributed by atoms with van der Waals surface area (Å²) in [4.78, 5) is 39.9. The number of amides is 2. The van der Waals surface area contributed by atoms with E-state index in [1.807, 2.05) is 40.7 Å². The van der Waals surface area contributed by atoms with E-state index in [0.29, 0.717) is 47.8 Å². The molecule has 1 saturated carbocycles. The highest BCUT2D eigenvalue weighted by Gasteiger charge is 2.28. The summed E-state index contributed by atoms with van der Waals surface area (Å²) < 4.78 is 1.57. The fourth-order valence-corrected chi connectivity index (χ4v) is 3.51. The van der Waals surface area contributed by atoms with Crippen molar-refractivity contribution in [2.75, 3.05) is 17.2 Å². The number of nitrogens with one attached hydrogen (secondary N) is 3. The lowest BCUT2D eigenvalue weighted by atomic mass is 10.2. The first-order valence-electron chi connectivity index (χ1n) is 12.9. The molecule has 0 spiro atoms. The van der Waals surface area contributed by atoms with Crippen LogP contribution < -0.4 is 16.0 Å². The molecule has 0 unspecified atom stereocenters. The Balaban J connectivity index is 1.95. The number of anilines is 2. The number of rotatable bonds is 12. The van der Waals surface area contributed by atoms with Crippen molar-refractivity contribution in [1.29, 1.82) is 0 Å². The highest BCUT2D eigenvalue weighted by Crippen LogP contribution is 2.39. The van der Waals surface area contributed by atoms with Gasteiger partial charge in [-0.1, -0.05) is 26.3 Å². The SMILES string of the molecule is C\C=N/C=C(\C=C(/C)CC)Nc1ncc(C2CC2)nc1C(=O)Nc1cnn(CC)c1C(=O)NCC(C)C. The van der Waals surface area contributed by atoms with Crippen molar-refractivity contribution in [3.05, 3.63) is 53.0 Å². The fraction of sp³-hybridized carbons (Fsp3) is 0.481. The zero-order valence-electron chi connectivity index (χ0n) is 22.6. The Kier molecular flexibility index (Phi) is 9.71. The van der Waals surface area contributed by atoms with Crippen LogP contribution in [-0.2, 0) is 6.54 Å². The quantitative estimate of drug-likeness (QED) is 0.277. The third kappa shape index (κ3) is 7.58. The lowest BCUT2D eigenvalue weighted by molar-refractivity contribution is 0.0939. The van der Waals surface area contributed by atoms with Gasteiger partial charge in [-0.2, -0.15) is 5.10 Å². The maximum Gasteiger partial charge on any atom is 0.278 e. The average Bonchev–Trinajstić information content (AvgIpc) is 3.66.